The third-order valence-corrected chi connectivity index (χ3v) is 1.29. The minimum Gasteiger partial charge on any atom is -0.504 e. The van der Waals surface area contributed by atoms with Gasteiger partial charge in [-0.05, 0) is 6.42 Å². The Labute approximate surface area is 77.5 Å². The summed E-state index contributed by atoms with van der Waals surface area (Å²) < 4.78 is 9.13. The Morgan fingerprint density at radius 2 is 2.08 bits per heavy atom. The Hall–Kier alpha value is -1.32. The molecule has 0 N–H and O–H groups in total. The van der Waals surface area contributed by atoms with Crippen molar-refractivity contribution in [1.29, 1.82) is 0 Å². The molecule has 0 rings (SSSR count). The zero-order chi connectivity index (χ0) is 10.1. The summed E-state index contributed by atoms with van der Waals surface area (Å²) in [5, 5.41) is 0. The number of unbranched alkanes of at least 4 members (excludes halogenated alkanes) is 1. The van der Waals surface area contributed by atoms with Crippen molar-refractivity contribution in [3.8, 4) is 0 Å². The van der Waals surface area contributed by atoms with Crippen molar-refractivity contribution in [2.24, 2.45) is 0 Å². The topological polar surface area (TPSA) is 52.6 Å². The first kappa shape index (κ1) is 11.7. The van der Waals surface area contributed by atoms with Crippen molar-refractivity contribution in [3.63, 3.8) is 0 Å². The van der Waals surface area contributed by atoms with Crippen LogP contribution >= 0.6 is 0 Å². The standard InChI is InChI=1S/C9H14O4/c1-3-4-6-13-9(11)8(10)5-7-12-2/h5,7H,3-4,6H2,1-2H3/b7-5+. The van der Waals surface area contributed by atoms with Crippen LogP contribution in [0.25, 0.3) is 0 Å². The molecule has 0 fully saturated rings. The molecule has 0 atom stereocenters. The fourth-order valence-corrected chi connectivity index (χ4v) is 0.578. The number of hydrogen-bond acceptors (Lipinski definition) is 4. The third-order valence-electron chi connectivity index (χ3n) is 1.29. The van der Waals surface area contributed by atoms with Gasteiger partial charge < -0.3 is 9.47 Å². The van der Waals surface area contributed by atoms with E-state index in [2.05, 4.69) is 9.47 Å². The molecule has 4 nitrogen and oxygen atoms in total. The summed E-state index contributed by atoms with van der Waals surface area (Å²) in [6.07, 6.45) is 3.88. The summed E-state index contributed by atoms with van der Waals surface area (Å²) in [7, 11) is 1.40. The summed E-state index contributed by atoms with van der Waals surface area (Å²) in [5.41, 5.74) is 0. The fraction of sp³-hybridized carbons (Fsp3) is 0.556. The molecule has 0 saturated heterocycles. The van der Waals surface area contributed by atoms with E-state index in [9.17, 15) is 9.59 Å². The van der Waals surface area contributed by atoms with E-state index in [-0.39, 0.29) is 0 Å². The Bertz CT molecular complexity index is 196. The Kier molecular flexibility index (Phi) is 6.59. The van der Waals surface area contributed by atoms with Gasteiger partial charge in [0.05, 0.1) is 20.0 Å². The minimum absolute atomic E-state index is 0.294. The van der Waals surface area contributed by atoms with Crippen LogP contribution in [0.3, 0.4) is 0 Å². The van der Waals surface area contributed by atoms with Gasteiger partial charge >= 0.3 is 5.97 Å². The number of ketones is 1. The molecule has 0 radical (unpaired) electrons. The molecule has 0 spiro atoms. The predicted octanol–water partition coefficient (Wildman–Crippen LogP) is 1.06. The van der Waals surface area contributed by atoms with Crippen LogP contribution in [0.5, 0.6) is 0 Å². The van der Waals surface area contributed by atoms with Crippen LogP contribution in [0.2, 0.25) is 0 Å². The Balaban J connectivity index is 3.70. The average molecular weight is 186 g/mol. The number of ether oxygens (including phenoxy) is 2. The van der Waals surface area contributed by atoms with E-state index in [0.29, 0.717) is 6.61 Å². The summed E-state index contributed by atoms with van der Waals surface area (Å²) in [6.45, 7) is 2.27. The number of carbonyl (C=O) groups excluding carboxylic acids is 2. The Morgan fingerprint density at radius 1 is 1.38 bits per heavy atom. The molecule has 74 valence electrons. The smallest absolute Gasteiger partial charge is 0.379 e. The van der Waals surface area contributed by atoms with Gasteiger partial charge in [0.25, 0.3) is 5.78 Å². The number of methoxy groups -OCH3 is 1. The lowest BCUT2D eigenvalue weighted by Gasteiger charge is -1.99. The summed E-state index contributed by atoms with van der Waals surface area (Å²) >= 11 is 0. The van der Waals surface area contributed by atoms with Crippen molar-refractivity contribution >= 4 is 11.8 Å². The summed E-state index contributed by atoms with van der Waals surface area (Å²) in [5.74, 6) is -1.53. The van der Waals surface area contributed by atoms with Crippen molar-refractivity contribution in [1.82, 2.24) is 0 Å². The first-order chi connectivity index (χ1) is 6.22. The highest BCUT2D eigenvalue weighted by Crippen LogP contribution is 1.90. The molecule has 4 heteroatoms. The molecule has 0 bridgehead atoms. The third kappa shape index (κ3) is 5.90. The Morgan fingerprint density at radius 3 is 2.62 bits per heavy atom. The maximum Gasteiger partial charge on any atom is 0.379 e. The molecular formula is C9H14O4. The molecule has 0 aromatic carbocycles. The van der Waals surface area contributed by atoms with Gasteiger partial charge in [0.1, 0.15) is 0 Å². The van der Waals surface area contributed by atoms with E-state index >= 15 is 0 Å². The molecule has 0 aliphatic heterocycles. The number of esters is 1. The van der Waals surface area contributed by atoms with Crippen LogP contribution in [-0.2, 0) is 19.1 Å². The summed E-state index contributed by atoms with van der Waals surface area (Å²) in [4.78, 5) is 21.7. The molecule has 0 amide bonds. The van der Waals surface area contributed by atoms with Crippen molar-refractivity contribution in [2.75, 3.05) is 13.7 Å². The van der Waals surface area contributed by atoms with Gasteiger partial charge in [-0.25, -0.2) is 4.79 Å². The second kappa shape index (κ2) is 7.34. The SMILES string of the molecule is CCCCOC(=O)C(=O)/C=C/OC. The lowest BCUT2D eigenvalue weighted by atomic mass is 10.3. The van der Waals surface area contributed by atoms with E-state index < -0.39 is 11.8 Å². The van der Waals surface area contributed by atoms with E-state index in [1.54, 1.807) is 0 Å². The zero-order valence-corrected chi connectivity index (χ0v) is 7.91. The molecule has 0 aliphatic carbocycles. The van der Waals surface area contributed by atoms with Crippen LogP contribution in [-0.4, -0.2) is 25.5 Å². The maximum absolute atomic E-state index is 10.9. The van der Waals surface area contributed by atoms with E-state index in [0.717, 1.165) is 25.2 Å². The predicted molar refractivity (Wildman–Crippen MR) is 47.0 cm³/mol. The molecule has 0 unspecified atom stereocenters. The van der Waals surface area contributed by atoms with Gasteiger partial charge in [0.2, 0.25) is 0 Å². The highest BCUT2D eigenvalue weighted by Gasteiger charge is 2.10. The second-order valence-electron chi connectivity index (χ2n) is 2.39. The van der Waals surface area contributed by atoms with Gasteiger partial charge in [0, 0.05) is 6.08 Å². The largest absolute Gasteiger partial charge is 0.504 e. The van der Waals surface area contributed by atoms with Crippen LogP contribution in [0.4, 0.5) is 0 Å². The molecule has 13 heavy (non-hydrogen) atoms. The molecule has 0 aliphatic rings. The van der Waals surface area contributed by atoms with Crippen LogP contribution < -0.4 is 0 Å². The van der Waals surface area contributed by atoms with Crippen molar-refractivity contribution in [3.05, 3.63) is 12.3 Å². The first-order valence-electron chi connectivity index (χ1n) is 4.12. The minimum atomic E-state index is -0.832. The fourth-order valence-electron chi connectivity index (χ4n) is 0.578. The van der Waals surface area contributed by atoms with E-state index in [4.69, 9.17) is 0 Å². The average Bonchev–Trinajstić information content (AvgIpc) is 2.14. The second-order valence-corrected chi connectivity index (χ2v) is 2.39. The number of hydrogen-bond donors (Lipinski definition) is 0. The highest BCUT2D eigenvalue weighted by molar-refractivity contribution is 6.38. The first-order valence-corrected chi connectivity index (χ1v) is 4.12. The number of carbonyl (C=O) groups is 2. The monoisotopic (exact) mass is 186 g/mol. The van der Waals surface area contributed by atoms with Gasteiger partial charge in [-0.1, -0.05) is 13.3 Å². The van der Waals surface area contributed by atoms with Crippen LogP contribution in [0.15, 0.2) is 12.3 Å². The highest BCUT2D eigenvalue weighted by atomic mass is 16.5. The quantitative estimate of drug-likeness (QED) is 0.204. The maximum atomic E-state index is 10.9. The molecule has 0 heterocycles. The van der Waals surface area contributed by atoms with E-state index in [1.807, 2.05) is 6.92 Å². The van der Waals surface area contributed by atoms with Crippen molar-refractivity contribution in [2.45, 2.75) is 19.8 Å². The number of rotatable bonds is 6. The lowest BCUT2D eigenvalue weighted by Crippen LogP contribution is -2.15. The summed E-state index contributed by atoms with van der Waals surface area (Å²) in [6, 6.07) is 0. The van der Waals surface area contributed by atoms with Gasteiger partial charge in [-0.2, -0.15) is 0 Å². The molecular weight excluding hydrogens is 172 g/mol. The lowest BCUT2D eigenvalue weighted by molar-refractivity contribution is -0.151. The molecule has 0 aromatic heterocycles. The zero-order valence-electron chi connectivity index (χ0n) is 7.91. The van der Waals surface area contributed by atoms with Gasteiger partial charge in [-0.3, -0.25) is 4.79 Å². The normalized spacial score (nSPS) is 10.0. The van der Waals surface area contributed by atoms with Gasteiger partial charge in [-0.15, -0.1) is 0 Å². The van der Waals surface area contributed by atoms with Crippen LogP contribution in [0, 0.1) is 0 Å². The van der Waals surface area contributed by atoms with Crippen molar-refractivity contribution < 1.29 is 19.1 Å². The van der Waals surface area contributed by atoms with E-state index in [1.165, 1.54) is 7.11 Å². The molecule has 0 aromatic rings. The van der Waals surface area contributed by atoms with Gasteiger partial charge in [0.15, 0.2) is 0 Å². The van der Waals surface area contributed by atoms with Crippen LogP contribution in [0.1, 0.15) is 19.8 Å². The molecule has 0 saturated carbocycles.